The van der Waals surface area contributed by atoms with Crippen molar-refractivity contribution in [3.05, 3.63) is 0 Å². The minimum Gasteiger partial charge on any atom is -0.481 e. The van der Waals surface area contributed by atoms with E-state index in [2.05, 4.69) is 6.92 Å². The van der Waals surface area contributed by atoms with Crippen LogP contribution in [0.1, 0.15) is 64.7 Å². The summed E-state index contributed by atoms with van der Waals surface area (Å²) in [5.74, 6) is 1.02. The number of hydrogen-bond donors (Lipinski definition) is 2. The van der Waals surface area contributed by atoms with Crippen LogP contribution in [0, 0.1) is 17.8 Å². The monoisotopic (exact) mass is 255 g/mol. The van der Waals surface area contributed by atoms with E-state index in [1.165, 1.54) is 44.9 Å². The third-order valence-electron chi connectivity index (χ3n) is 4.32. The third-order valence-corrected chi connectivity index (χ3v) is 4.32. The van der Waals surface area contributed by atoms with Crippen LogP contribution >= 0.6 is 0 Å². The normalized spacial score (nSPS) is 19.9. The van der Waals surface area contributed by atoms with Gasteiger partial charge in [0.05, 0.1) is 0 Å². The number of carboxylic acid groups (broad SMARTS) is 1. The molecule has 106 valence electrons. The standard InChI is InChI=1S/C15H29NO2/c1-12(9-14(11-16)10-15(17)18)5-4-8-13-6-2-3-7-13/h12-14H,2-11,16H2,1H3,(H,17,18)/t12?,14-/m0/s1. The molecule has 0 bridgehead atoms. The fraction of sp³-hybridized carbons (Fsp3) is 0.933. The van der Waals surface area contributed by atoms with Gasteiger partial charge in [0.2, 0.25) is 0 Å². The molecule has 1 saturated carbocycles. The Morgan fingerprint density at radius 3 is 2.61 bits per heavy atom. The lowest BCUT2D eigenvalue weighted by atomic mass is 9.88. The predicted molar refractivity (Wildman–Crippen MR) is 74.4 cm³/mol. The third kappa shape index (κ3) is 6.39. The molecule has 1 unspecified atom stereocenters. The van der Waals surface area contributed by atoms with Gasteiger partial charge in [-0.15, -0.1) is 0 Å². The highest BCUT2D eigenvalue weighted by Gasteiger charge is 2.17. The van der Waals surface area contributed by atoms with Crippen molar-refractivity contribution in [3.63, 3.8) is 0 Å². The highest BCUT2D eigenvalue weighted by molar-refractivity contribution is 5.67. The molecule has 1 aliphatic rings. The van der Waals surface area contributed by atoms with Crippen molar-refractivity contribution in [3.8, 4) is 0 Å². The van der Waals surface area contributed by atoms with Crippen molar-refractivity contribution in [2.45, 2.75) is 64.7 Å². The summed E-state index contributed by atoms with van der Waals surface area (Å²) < 4.78 is 0. The molecule has 3 N–H and O–H groups in total. The van der Waals surface area contributed by atoms with Crippen molar-refractivity contribution < 1.29 is 9.90 Å². The highest BCUT2D eigenvalue weighted by Crippen LogP contribution is 2.30. The van der Waals surface area contributed by atoms with Crippen LogP contribution in [0.4, 0.5) is 0 Å². The fourth-order valence-electron chi connectivity index (χ4n) is 3.25. The zero-order valence-corrected chi connectivity index (χ0v) is 11.7. The zero-order chi connectivity index (χ0) is 13.4. The Hall–Kier alpha value is -0.570. The molecular weight excluding hydrogens is 226 g/mol. The molecule has 3 heteroatoms. The number of rotatable bonds is 9. The summed E-state index contributed by atoms with van der Waals surface area (Å²) in [7, 11) is 0. The Bertz CT molecular complexity index is 237. The van der Waals surface area contributed by atoms with E-state index in [0.29, 0.717) is 12.5 Å². The average Bonchev–Trinajstić information content (AvgIpc) is 2.80. The number of hydrogen-bond acceptors (Lipinski definition) is 2. The van der Waals surface area contributed by atoms with E-state index in [0.717, 1.165) is 12.3 Å². The lowest BCUT2D eigenvalue weighted by Crippen LogP contribution is -2.20. The van der Waals surface area contributed by atoms with Crippen LogP contribution in [0.25, 0.3) is 0 Å². The Morgan fingerprint density at radius 2 is 2.06 bits per heavy atom. The molecular formula is C15H29NO2. The van der Waals surface area contributed by atoms with Gasteiger partial charge in [-0.3, -0.25) is 4.79 Å². The molecule has 1 fully saturated rings. The SMILES string of the molecule is CC(CCCC1CCCC1)C[C@H](CN)CC(=O)O. The van der Waals surface area contributed by atoms with Crippen LogP contribution in [0.15, 0.2) is 0 Å². The topological polar surface area (TPSA) is 63.3 Å². The number of carbonyl (C=O) groups is 1. The number of nitrogens with two attached hydrogens (primary N) is 1. The van der Waals surface area contributed by atoms with Gasteiger partial charge < -0.3 is 10.8 Å². The molecule has 1 rings (SSSR count). The largest absolute Gasteiger partial charge is 0.481 e. The molecule has 0 aromatic carbocycles. The lowest BCUT2D eigenvalue weighted by Gasteiger charge is -2.18. The van der Waals surface area contributed by atoms with Gasteiger partial charge in [-0.25, -0.2) is 0 Å². The van der Waals surface area contributed by atoms with Crippen LogP contribution in [0.2, 0.25) is 0 Å². The minimum absolute atomic E-state index is 0.156. The molecule has 1 aliphatic carbocycles. The summed E-state index contributed by atoms with van der Waals surface area (Å²) in [5, 5.41) is 8.79. The summed E-state index contributed by atoms with van der Waals surface area (Å²) in [6.45, 7) is 2.73. The molecule has 0 aliphatic heterocycles. The Labute approximate surface area is 111 Å². The predicted octanol–water partition coefficient (Wildman–Crippen LogP) is 3.42. The maximum Gasteiger partial charge on any atom is 0.303 e. The van der Waals surface area contributed by atoms with E-state index in [1.54, 1.807) is 0 Å². The Kier molecular flexibility index (Phi) is 7.33. The summed E-state index contributed by atoms with van der Waals surface area (Å²) in [6.07, 6.45) is 10.8. The van der Waals surface area contributed by atoms with Crippen LogP contribution < -0.4 is 5.73 Å². The fourth-order valence-corrected chi connectivity index (χ4v) is 3.25. The van der Waals surface area contributed by atoms with Gasteiger partial charge in [-0.2, -0.15) is 0 Å². The van der Waals surface area contributed by atoms with Crippen LogP contribution in [-0.4, -0.2) is 17.6 Å². The van der Waals surface area contributed by atoms with Gasteiger partial charge in [0.25, 0.3) is 0 Å². The maximum absolute atomic E-state index is 10.7. The van der Waals surface area contributed by atoms with Gasteiger partial charge >= 0.3 is 5.97 Å². The summed E-state index contributed by atoms with van der Waals surface area (Å²) in [6, 6.07) is 0. The van der Waals surface area contributed by atoms with Gasteiger partial charge in [0.15, 0.2) is 0 Å². The van der Waals surface area contributed by atoms with E-state index in [9.17, 15) is 4.79 Å². The molecule has 0 radical (unpaired) electrons. The molecule has 2 atom stereocenters. The second kappa shape index (κ2) is 8.52. The number of aliphatic carboxylic acids is 1. The first-order valence-electron chi connectivity index (χ1n) is 7.53. The molecule has 0 aromatic rings. The van der Waals surface area contributed by atoms with Crippen LogP contribution in [0.5, 0.6) is 0 Å². The summed E-state index contributed by atoms with van der Waals surface area (Å²) in [5.41, 5.74) is 5.63. The Morgan fingerprint density at radius 1 is 1.39 bits per heavy atom. The first kappa shape index (κ1) is 15.5. The minimum atomic E-state index is -0.719. The van der Waals surface area contributed by atoms with E-state index in [1.807, 2.05) is 0 Å². The van der Waals surface area contributed by atoms with Gasteiger partial charge in [0, 0.05) is 6.42 Å². The van der Waals surface area contributed by atoms with E-state index in [-0.39, 0.29) is 12.3 Å². The van der Waals surface area contributed by atoms with Crippen molar-refractivity contribution in [2.75, 3.05) is 6.54 Å². The molecule has 0 heterocycles. The van der Waals surface area contributed by atoms with Crippen LogP contribution in [0.3, 0.4) is 0 Å². The number of carboxylic acids is 1. The Balaban J connectivity index is 2.10. The molecule has 0 saturated heterocycles. The zero-order valence-electron chi connectivity index (χ0n) is 11.7. The van der Waals surface area contributed by atoms with Crippen molar-refractivity contribution in [1.29, 1.82) is 0 Å². The van der Waals surface area contributed by atoms with Crippen LogP contribution in [-0.2, 0) is 4.79 Å². The van der Waals surface area contributed by atoms with Gasteiger partial charge in [0.1, 0.15) is 0 Å². The molecule has 0 amide bonds. The van der Waals surface area contributed by atoms with Gasteiger partial charge in [-0.05, 0) is 30.7 Å². The van der Waals surface area contributed by atoms with Gasteiger partial charge in [-0.1, -0.05) is 51.9 Å². The van der Waals surface area contributed by atoms with Crippen molar-refractivity contribution in [1.82, 2.24) is 0 Å². The van der Waals surface area contributed by atoms with Crippen molar-refractivity contribution >= 4 is 5.97 Å². The van der Waals surface area contributed by atoms with Crippen molar-refractivity contribution in [2.24, 2.45) is 23.5 Å². The molecule has 0 spiro atoms. The molecule has 0 aromatic heterocycles. The van der Waals surface area contributed by atoms with E-state index < -0.39 is 5.97 Å². The quantitative estimate of drug-likeness (QED) is 0.663. The smallest absolute Gasteiger partial charge is 0.303 e. The van der Waals surface area contributed by atoms with E-state index >= 15 is 0 Å². The second-order valence-corrected chi connectivity index (χ2v) is 6.12. The first-order chi connectivity index (χ1) is 8.61. The average molecular weight is 255 g/mol. The molecule has 3 nitrogen and oxygen atoms in total. The van der Waals surface area contributed by atoms with E-state index in [4.69, 9.17) is 10.8 Å². The molecule has 18 heavy (non-hydrogen) atoms. The summed E-state index contributed by atoms with van der Waals surface area (Å²) in [4.78, 5) is 10.7. The summed E-state index contributed by atoms with van der Waals surface area (Å²) >= 11 is 0. The lowest BCUT2D eigenvalue weighted by molar-refractivity contribution is -0.138. The maximum atomic E-state index is 10.7. The second-order valence-electron chi connectivity index (χ2n) is 6.12. The first-order valence-corrected chi connectivity index (χ1v) is 7.53. The highest BCUT2D eigenvalue weighted by atomic mass is 16.4.